The normalized spacial score (nSPS) is 14.3. The first-order valence-electron chi connectivity index (χ1n) is 8.64. The lowest BCUT2D eigenvalue weighted by molar-refractivity contribution is 0.501. The van der Waals surface area contributed by atoms with E-state index in [1.165, 1.54) is 12.1 Å². The van der Waals surface area contributed by atoms with Crippen LogP contribution in [0.15, 0.2) is 65.7 Å². The van der Waals surface area contributed by atoms with Gasteiger partial charge in [0.1, 0.15) is 11.6 Å². The molecule has 0 radical (unpaired) electrons. The van der Waals surface area contributed by atoms with Crippen LogP contribution in [0.5, 0.6) is 0 Å². The average Bonchev–Trinajstić information content (AvgIpc) is 2.68. The zero-order valence-corrected chi connectivity index (χ0v) is 15.7. The Kier molecular flexibility index (Phi) is 4.45. The van der Waals surface area contributed by atoms with Crippen LogP contribution in [0.3, 0.4) is 0 Å². The topological polar surface area (TPSA) is 99.0 Å². The molecule has 0 atom stereocenters. The van der Waals surface area contributed by atoms with E-state index in [1.807, 2.05) is 12.1 Å². The maximum Gasteiger partial charge on any atom is 0.199 e. The highest BCUT2D eigenvalue weighted by Crippen LogP contribution is 2.31. The van der Waals surface area contributed by atoms with E-state index in [1.54, 1.807) is 24.5 Å². The number of aromatic nitrogens is 2. The maximum absolute atomic E-state index is 11.8. The summed E-state index contributed by atoms with van der Waals surface area (Å²) < 4.78 is 23.6. The summed E-state index contributed by atoms with van der Waals surface area (Å²) in [6, 6.07) is 12.5. The van der Waals surface area contributed by atoms with Crippen molar-refractivity contribution in [2.24, 2.45) is 5.92 Å². The lowest BCUT2D eigenvalue weighted by Crippen LogP contribution is -2.46. The van der Waals surface area contributed by atoms with Gasteiger partial charge in [0.2, 0.25) is 0 Å². The van der Waals surface area contributed by atoms with Crippen molar-refractivity contribution in [2.75, 3.05) is 23.3 Å². The van der Waals surface area contributed by atoms with Crippen LogP contribution in [0.1, 0.15) is 0 Å². The lowest BCUT2D eigenvalue weighted by atomic mass is 10.0. The van der Waals surface area contributed by atoms with Crippen LogP contribution in [0.2, 0.25) is 0 Å². The number of hydrogen-bond donors (Lipinski definition) is 1. The van der Waals surface area contributed by atoms with Gasteiger partial charge < -0.3 is 10.2 Å². The number of nitriles is 1. The Balaban J connectivity index is 1.61. The van der Waals surface area contributed by atoms with E-state index in [4.69, 9.17) is 5.26 Å². The highest BCUT2D eigenvalue weighted by molar-refractivity contribution is 7.94. The van der Waals surface area contributed by atoms with Crippen LogP contribution >= 0.6 is 0 Å². The number of hydrogen-bond acceptors (Lipinski definition) is 7. The Labute approximate surface area is 162 Å². The molecular formula is C20H17N5O2S. The van der Waals surface area contributed by atoms with Gasteiger partial charge >= 0.3 is 0 Å². The zero-order valence-electron chi connectivity index (χ0n) is 14.9. The van der Waals surface area contributed by atoms with Gasteiger partial charge in [-0.25, -0.2) is 18.4 Å². The van der Waals surface area contributed by atoms with Gasteiger partial charge in [-0.05, 0) is 36.4 Å². The second-order valence-electron chi connectivity index (χ2n) is 6.52. The SMILES string of the molecule is C=CS(=O)(=O)c1ccc(Nc2cc3c(N4CC(C#N)C4)nccc3cn2)cc1. The minimum absolute atomic E-state index is 0.0434. The molecule has 3 aromatic rings. The van der Waals surface area contributed by atoms with E-state index in [9.17, 15) is 8.42 Å². The fraction of sp³-hybridized carbons (Fsp3) is 0.150. The number of fused-ring (bicyclic) bond motifs is 1. The monoisotopic (exact) mass is 391 g/mol. The average molecular weight is 391 g/mol. The van der Waals surface area contributed by atoms with Crippen molar-refractivity contribution in [1.29, 1.82) is 5.26 Å². The summed E-state index contributed by atoms with van der Waals surface area (Å²) in [5.74, 6) is 1.50. The van der Waals surface area contributed by atoms with Gasteiger partial charge in [0.25, 0.3) is 0 Å². The van der Waals surface area contributed by atoms with Crippen molar-refractivity contribution < 1.29 is 8.42 Å². The maximum atomic E-state index is 11.8. The molecule has 2 aromatic heterocycles. The third-order valence-corrected chi connectivity index (χ3v) is 6.03. The second-order valence-corrected chi connectivity index (χ2v) is 8.41. The molecule has 8 heteroatoms. The predicted octanol–water partition coefficient (Wildman–Crippen LogP) is 3.25. The van der Waals surface area contributed by atoms with Gasteiger partial charge in [-0.3, -0.25) is 0 Å². The minimum atomic E-state index is -3.45. The van der Waals surface area contributed by atoms with Crippen LogP contribution in [0.4, 0.5) is 17.3 Å². The molecule has 1 aliphatic rings. The van der Waals surface area contributed by atoms with E-state index < -0.39 is 9.84 Å². The summed E-state index contributed by atoms with van der Waals surface area (Å²) in [5.41, 5.74) is 0.716. The standard InChI is InChI=1S/C20H17N5O2S/c1-2-28(26,27)17-5-3-16(4-6-17)24-19-9-18-15(11-23-19)7-8-22-20(18)25-12-14(10-21)13-25/h2-9,11,14H,1,12-13H2,(H,23,24). The molecule has 1 fully saturated rings. The van der Waals surface area contributed by atoms with E-state index in [0.717, 1.165) is 22.0 Å². The quantitative estimate of drug-likeness (QED) is 0.713. The van der Waals surface area contributed by atoms with Gasteiger partial charge in [-0.1, -0.05) is 6.58 Å². The van der Waals surface area contributed by atoms with Crippen molar-refractivity contribution in [1.82, 2.24) is 9.97 Å². The Morgan fingerprint density at radius 2 is 1.96 bits per heavy atom. The molecule has 0 aliphatic carbocycles. The molecule has 0 spiro atoms. The molecule has 1 saturated heterocycles. The van der Waals surface area contributed by atoms with Gasteiger partial charge in [0.05, 0.1) is 16.9 Å². The van der Waals surface area contributed by atoms with Crippen molar-refractivity contribution >= 4 is 37.9 Å². The summed E-state index contributed by atoms with van der Waals surface area (Å²) in [4.78, 5) is 11.2. The summed E-state index contributed by atoms with van der Waals surface area (Å²) >= 11 is 0. The first-order valence-corrected chi connectivity index (χ1v) is 10.2. The van der Waals surface area contributed by atoms with Gasteiger partial charge in [-0.2, -0.15) is 5.26 Å². The van der Waals surface area contributed by atoms with Crippen molar-refractivity contribution in [3.8, 4) is 6.07 Å². The summed E-state index contributed by atoms with van der Waals surface area (Å²) in [6.07, 6.45) is 3.51. The Hall–Kier alpha value is -3.44. The Morgan fingerprint density at radius 1 is 1.21 bits per heavy atom. The van der Waals surface area contributed by atoms with E-state index >= 15 is 0 Å². The van der Waals surface area contributed by atoms with Crippen LogP contribution in [-0.4, -0.2) is 31.5 Å². The van der Waals surface area contributed by atoms with Crippen molar-refractivity contribution in [3.63, 3.8) is 0 Å². The number of nitrogens with one attached hydrogen (secondary N) is 1. The third kappa shape index (κ3) is 3.28. The predicted molar refractivity (Wildman–Crippen MR) is 108 cm³/mol. The number of nitrogens with zero attached hydrogens (tertiary/aromatic N) is 4. The first-order chi connectivity index (χ1) is 13.5. The van der Waals surface area contributed by atoms with Crippen molar-refractivity contribution in [3.05, 3.63) is 60.8 Å². The van der Waals surface area contributed by atoms with Crippen LogP contribution in [0, 0.1) is 17.2 Å². The molecule has 0 saturated carbocycles. The molecule has 3 heterocycles. The van der Waals surface area contributed by atoms with Gasteiger partial charge in [0, 0.05) is 47.4 Å². The number of benzene rings is 1. The van der Waals surface area contributed by atoms with Crippen molar-refractivity contribution in [2.45, 2.75) is 4.90 Å². The molecule has 1 aromatic carbocycles. The largest absolute Gasteiger partial charge is 0.353 e. The minimum Gasteiger partial charge on any atom is -0.353 e. The lowest BCUT2D eigenvalue weighted by Gasteiger charge is -2.36. The molecule has 0 amide bonds. The highest BCUT2D eigenvalue weighted by atomic mass is 32.2. The molecular weight excluding hydrogens is 374 g/mol. The highest BCUT2D eigenvalue weighted by Gasteiger charge is 2.28. The summed E-state index contributed by atoms with van der Waals surface area (Å²) in [6.45, 7) is 4.68. The molecule has 1 N–H and O–H groups in total. The number of pyridine rings is 2. The molecule has 140 valence electrons. The van der Waals surface area contributed by atoms with E-state index in [-0.39, 0.29) is 10.8 Å². The molecule has 4 rings (SSSR count). The molecule has 7 nitrogen and oxygen atoms in total. The van der Waals surface area contributed by atoms with Gasteiger partial charge in [0.15, 0.2) is 9.84 Å². The molecule has 0 unspecified atom stereocenters. The number of rotatable bonds is 5. The number of sulfone groups is 1. The Bertz CT molecular complexity index is 1190. The molecule has 1 aliphatic heterocycles. The number of anilines is 3. The van der Waals surface area contributed by atoms with E-state index in [2.05, 4.69) is 32.8 Å². The fourth-order valence-electron chi connectivity index (χ4n) is 3.08. The van der Waals surface area contributed by atoms with E-state index in [0.29, 0.717) is 24.6 Å². The second kappa shape index (κ2) is 6.94. The summed E-state index contributed by atoms with van der Waals surface area (Å²) in [5, 5.41) is 15.0. The van der Waals surface area contributed by atoms with Gasteiger partial charge in [-0.15, -0.1) is 0 Å². The molecule has 0 bridgehead atoms. The molecule has 28 heavy (non-hydrogen) atoms. The van der Waals surface area contributed by atoms with Crippen LogP contribution in [-0.2, 0) is 9.84 Å². The fourth-order valence-corrected chi connectivity index (χ4v) is 3.78. The third-order valence-electron chi connectivity index (χ3n) is 4.66. The first kappa shape index (κ1) is 17.9. The zero-order chi connectivity index (χ0) is 19.7. The van der Waals surface area contributed by atoms with Crippen LogP contribution in [0.25, 0.3) is 10.8 Å². The summed E-state index contributed by atoms with van der Waals surface area (Å²) in [7, 11) is -3.45. The Morgan fingerprint density at radius 3 is 2.64 bits per heavy atom. The smallest absolute Gasteiger partial charge is 0.199 e. The van der Waals surface area contributed by atoms with Crippen LogP contribution < -0.4 is 10.2 Å².